The van der Waals surface area contributed by atoms with Crippen LogP contribution in [-0.2, 0) is 43.3 Å². The fraction of sp³-hybridized carbons (Fsp3) is 1.00. The van der Waals surface area contributed by atoms with Gasteiger partial charge in [0.05, 0.1) is 12.7 Å². The fourth-order valence-electron chi connectivity index (χ4n) is 2.96. The standard InChI is InChI=1S/C19H39O9P/c1-3-4-5-6-7-8-9-10-11-12-13-14-15-16-17-21-27-29(20)23-19(2)18-22-24-25-26-28-29/h19H,3-18H2,1-2H3. The number of unbranched alkanes of at least 4 members (excludes halogenated alkanes) is 13. The Kier molecular flexibility index (Phi) is 17.3. The SMILES string of the molecule is CCCCCCCCCCCCCCCCOOP1(=O)OOOOOCC(C)O1. The molecule has 1 aliphatic rings. The van der Waals surface area contributed by atoms with Crippen LogP contribution in [0.25, 0.3) is 0 Å². The monoisotopic (exact) mass is 442 g/mol. The summed E-state index contributed by atoms with van der Waals surface area (Å²) in [6, 6.07) is 0. The highest BCUT2D eigenvalue weighted by Gasteiger charge is 2.35. The van der Waals surface area contributed by atoms with Gasteiger partial charge in [-0.3, -0.25) is 4.52 Å². The second kappa shape index (κ2) is 18.7. The molecule has 0 spiro atoms. The van der Waals surface area contributed by atoms with Crippen LogP contribution in [0.2, 0.25) is 0 Å². The molecule has 29 heavy (non-hydrogen) atoms. The van der Waals surface area contributed by atoms with E-state index in [-0.39, 0.29) is 13.2 Å². The first-order chi connectivity index (χ1) is 14.2. The molecule has 0 radical (unpaired) electrons. The predicted molar refractivity (Wildman–Crippen MR) is 106 cm³/mol. The van der Waals surface area contributed by atoms with E-state index in [9.17, 15) is 4.57 Å². The van der Waals surface area contributed by atoms with Gasteiger partial charge in [-0.1, -0.05) is 95.1 Å². The van der Waals surface area contributed by atoms with Gasteiger partial charge in [0.1, 0.15) is 6.61 Å². The Morgan fingerprint density at radius 3 is 1.93 bits per heavy atom. The minimum absolute atomic E-state index is 0.0565. The summed E-state index contributed by atoms with van der Waals surface area (Å²) in [6.45, 7) is 4.06. The molecular weight excluding hydrogens is 403 g/mol. The van der Waals surface area contributed by atoms with Gasteiger partial charge in [0.15, 0.2) is 0 Å². The minimum Gasteiger partial charge on any atom is -0.278 e. The highest BCUT2D eigenvalue weighted by molar-refractivity contribution is 7.48. The fourth-order valence-corrected chi connectivity index (χ4v) is 3.86. The molecule has 0 aromatic heterocycles. The van der Waals surface area contributed by atoms with Crippen LogP contribution >= 0.6 is 7.82 Å². The van der Waals surface area contributed by atoms with Gasteiger partial charge < -0.3 is 0 Å². The maximum Gasteiger partial charge on any atom is 0.532 e. The highest BCUT2D eigenvalue weighted by atomic mass is 31.2. The number of hydrogen-bond donors (Lipinski definition) is 0. The van der Waals surface area contributed by atoms with Crippen LogP contribution in [0.15, 0.2) is 0 Å². The molecule has 2 unspecified atom stereocenters. The largest absolute Gasteiger partial charge is 0.532 e. The van der Waals surface area contributed by atoms with Gasteiger partial charge in [-0.05, 0) is 28.5 Å². The molecule has 1 fully saturated rings. The van der Waals surface area contributed by atoms with E-state index in [1.165, 1.54) is 70.6 Å². The first-order valence-electron chi connectivity index (χ1n) is 11.1. The lowest BCUT2D eigenvalue weighted by Gasteiger charge is -2.16. The quantitative estimate of drug-likeness (QED) is 0.106. The average molecular weight is 442 g/mol. The zero-order valence-corrected chi connectivity index (χ0v) is 18.9. The van der Waals surface area contributed by atoms with Gasteiger partial charge in [-0.15, -0.1) is 4.67 Å². The van der Waals surface area contributed by atoms with Crippen molar-refractivity contribution in [1.82, 2.24) is 0 Å². The molecule has 1 saturated heterocycles. The van der Waals surface area contributed by atoms with Crippen LogP contribution in [0.3, 0.4) is 0 Å². The lowest BCUT2D eigenvalue weighted by atomic mass is 10.0. The van der Waals surface area contributed by atoms with E-state index in [1.54, 1.807) is 6.92 Å². The molecule has 9 nitrogen and oxygen atoms in total. The van der Waals surface area contributed by atoms with E-state index in [1.807, 2.05) is 0 Å². The highest BCUT2D eigenvalue weighted by Crippen LogP contribution is 2.51. The molecule has 0 amide bonds. The van der Waals surface area contributed by atoms with Crippen molar-refractivity contribution >= 4 is 7.82 Å². The van der Waals surface area contributed by atoms with E-state index >= 15 is 0 Å². The Morgan fingerprint density at radius 1 is 0.793 bits per heavy atom. The summed E-state index contributed by atoms with van der Waals surface area (Å²) in [6.07, 6.45) is 17.1. The van der Waals surface area contributed by atoms with E-state index in [4.69, 9.17) is 14.1 Å². The summed E-state index contributed by atoms with van der Waals surface area (Å²) < 4.78 is 26.4. The Labute approximate surface area is 174 Å². The summed E-state index contributed by atoms with van der Waals surface area (Å²) in [5.41, 5.74) is 0. The summed E-state index contributed by atoms with van der Waals surface area (Å²) in [7, 11) is -4.09. The second-order valence-corrected chi connectivity index (χ2v) is 8.82. The topological polar surface area (TPSA) is 90.9 Å². The van der Waals surface area contributed by atoms with Crippen molar-refractivity contribution in [2.45, 2.75) is 110 Å². The maximum atomic E-state index is 12.2. The first kappa shape index (κ1) is 26.9. The third-order valence-corrected chi connectivity index (χ3v) is 5.71. The Morgan fingerprint density at radius 2 is 1.34 bits per heavy atom. The Bertz CT molecular complexity index is 411. The number of rotatable bonds is 17. The Hall–Kier alpha value is -0.0900. The zero-order valence-electron chi connectivity index (χ0n) is 18.0. The average Bonchev–Trinajstić information content (AvgIpc) is 2.78. The molecule has 0 bridgehead atoms. The molecule has 0 aliphatic carbocycles. The van der Waals surface area contributed by atoms with Crippen molar-refractivity contribution in [2.75, 3.05) is 13.2 Å². The predicted octanol–water partition coefficient (Wildman–Crippen LogP) is 6.69. The molecule has 0 aromatic carbocycles. The van der Waals surface area contributed by atoms with Crippen molar-refractivity contribution in [1.29, 1.82) is 0 Å². The van der Waals surface area contributed by atoms with E-state index < -0.39 is 13.9 Å². The van der Waals surface area contributed by atoms with E-state index in [0.717, 1.165) is 19.3 Å². The van der Waals surface area contributed by atoms with Gasteiger partial charge >= 0.3 is 7.82 Å². The molecule has 1 aliphatic heterocycles. The second-order valence-electron chi connectivity index (χ2n) is 7.42. The van der Waals surface area contributed by atoms with Crippen molar-refractivity contribution in [2.24, 2.45) is 0 Å². The van der Waals surface area contributed by atoms with Crippen LogP contribution in [0.4, 0.5) is 0 Å². The van der Waals surface area contributed by atoms with Crippen LogP contribution in [-0.4, -0.2) is 19.3 Å². The third-order valence-electron chi connectivity index (χ3n) is 4.56. The molecule has 0 aromatic rings. The molecular formula is C19H39O9P. The summed E-state index contributed by atoms with van der Waals surface area (Å²) in [4.78, 5) is 9.46. The first-order valence-corrected chi connectivity index (χ1v) is 12.5. The van der Waals surface area contributed by atoms with Gasteiger partial charge in [-0.2, -0.15) is 0 Å². The van der Waals surface area contributed by atoms with Gasteiger partial charge in [-0.25, -0.2) is 14.3 Å². The zero-order chi connectivity index (χ0) is 21.0. The van der Waals surface area contributed by atoms with Crippen LogP contribution in [0.5, 0.6) is 0 Å². The van der Waals surface area contributed by atoms with Crippen LogP contribution in [0.1, 0.15) is 104 Å². The van der Waals surface area contributed by atoms with Gasteiger partial charge in [0.25, 0.3) is 0 Å². The maximum absolute atomic E-state index is 12.2. The molecule has 2 atom stereocenters. The minimum atomic E-state index is -4.09. The molecule has 174 valence electrons. The molecule has 0 N–H and O–H groups in total. The normalized spacial score (nSPS) is 23.4. The lowest BCUT2D eigenvalue weighted by Crippen LogP contribution is -2.15. The van der Waals surface area contributed by atoms with E-state index in [2.05, 4.69) is 31.6 Å². The number of phosphoric acid groups is 1. The van der Waals surface area contributed by atoms with Crippen LogP contribution < -0.4 is 0 Å². The van der Waals surface area contributed by atoms with Crippen molar-refractivity contribution in [3.63, 3.8) is 0 Å². The smallest absolute Gasteiger partial charge is 0.278 e. The molecule has 0 saturated carbocycles. The Balaban J connectivity index is 1.88. The number of hydrogen-bond acceptors (Lipinski definition) is 9. The lowest BCUT2D eigenvalue weighted by molar-refractivity contribution is -0.692. The summed E-state index contributed by atoms with van der Waals surface area (Å²) in [5, 5.41) is 12.2. The van der Waals surface area contributed by atoms with Gasteiger partial charge in [0, 0.05) is 0 Å². The summed E-state index contributed by atoms with van der Waals surface area (Å²) in [5.74, 6) is 0. The molecule has 10 heteroatoms. The van der Waals surface area contributed by atoms with Crippen molar-refractivity contribution in [3.05, 3.63) is 0 Å². The van der Waals surface area contributed by atoms with Crippen molar-refractivity contribution in [3.8, 4) is 0 Å². The molecule has 1 rings (SSSR count). The molecule has 1 heterocycles. The van der Waals surface area contributed by atoms with E-state index in [0.29, 0.717) is 0 Å². The third kappa shape index (κ3) is 16.3. The van der Waals surface area contributed by atoms with Gasteiger partial charge in [0.2, 0.25) is 0 Å². The van der Waals surface area contributed by atoms with Crippen molar-refractivity contribution < 1.29 is 43.3 Å². The van der Waals surface area contributed by atoms with Crippen LogP contribution in [0, 0.1) is 0 Å². The summed E-state index contributed by atoms with van der Waals surface area (Å²) >= 11 is 0.